The van der Waals surface area contributed by atoms with Crippen LogP contribution in [0.2, 0.25) is 0 Å². The Morgan fingerprint density at radius 2 is 1.80 bits per heavy atom. The number of methoxy groups -OCH3 is 1. The van der Waals surface area contributed by atoms with Crippen LogP contribution < -0.4 is 5.32 Å². The first kappa shape index (κ1) is 20.6. The molecule has 1 amide bonds. The molecule has 10 heteroatoms. The number of aromatic nitrogens is 4. The molecule has 1 heterocycles. The number of hydrogen-bond donors (Lipinski definition) is 1. The molecule has 0 saturated carbocycles. The number of hydrogen-bond acceptors (Lipinski definition) is 8. The highest BCUT2D eigenvalue weighted by Crippen LogP contribution is 2.16. The number of ether oxygens (including phenoxy) is 2. The van der Waals surface area contributed by atoms with Gasteiger partial charge in [0, 0.05) is 5.56 Å². The topological polar surface area (TPSA) is 125 Å². The first-order valence-electron chi connectivity index (χ1n) is 8.94. The van der Waals surface area contributed by atoms with Crippen LogP contribution in [0.15, 0.2) is 48.5 Å². The van der Waals surface area contributed by atoms with Gasteiger partial charge >= 0.3 is 11.9 Å². The van der Waals surface area contributed by atoms with E-state index in [1.54, 1.807) is 12.1 Å². The van der Waals surface area contributed by atoms with E-state index in [4.69, 9.17) is 4.74 Å². The highest BCUT2D eigenvalue weighted by Gasteiger charge is 2.15. The van der Waals surface area contributed by atoms with E-state index >= 15 is 0 Å². The molecule has 0 unspecified atom stereocenters. The fourth-order valence-electron chi connectivity index (χ4n) is 2.50. The monoisotopic (exact) mass is 409 g/mol. The van der Waals surface area contributed by atoms with Crippen molar-refractivity contribution in [3.05, 3.63) is 59.7 Å². The van der Waals surface area contributed by atoms with E-state index in [-0.39, 0.29) is 17.8 Å². The number of aryl methyl sites for hydroxylation is 1. The van der Waals surface area contributed by atoms with Crippen molar-refractivity contribution in [2.24, 2.45) is 0 Å². The lowest BCUT2D eigenvalue weighted by Crippen LogP contribution is -2.24. The molecule has 10 nitrogen and oxygen atoms in total. The summed E-state index contributed by atoms with van der Waals surface area (Å²) in [5, 5.41) is 14.4. The molecule has 154 valence electrons. The molecule has 1 N–H and O–H groups in total. The summed E-state index contributed by atoms with van der Waals surface area (Å²) in [7, 11) is 1.24. The van der Waals surface area contributed by atoms with Crippen molar-refractivity contribution >= 4 is 23.5 Å². The Balaban J connectivity index is 1.52. The minimum absolute atomic E-state index is 0.190. The van der Waals surface area contributed by atoms with Crippen LogP contribution in [0.25, 0.3) is 11.4 Å². The van der Waals surface area contributed by atoms with Gasteiger partial charge in [-0.15, -0.1) is 10.2 Å². The van der Waals surface area contributed by atoms with Crippen molar-refractivity contribution in [2.45, 2.75) is 13.5 Å². The molecule has 0 aliphatic carbocycles. The molecule has 0 bridgehead atoms. The Morgan fingerprint density at radius 1 is 1.07 bits per heavy atom. The second kappa shape index (κ2) is 9.41. The Morgan fingerprint density at radius 3 is 2.53 bits per heavy atom. The summed E-state index contributed by atoms with van der Waals surface area (Å²) in [6, 6.07) is 13.9. The van der Waals surface area contributed by atoms with E-state index in [2.05, 4.69) is 25.5 Å². The fourth-order valence-corrected chi connectivity index (χ4v) is 2.50. The first-order valence-corrected chi connectivity index (χ1v) is 8.94. The van der Waals surface area contributed by atoms with Gasteiger partial charge in [-0.3, -0.25) is 4.79 Å². The number of anilines is 1. The molecule has 2 aromatic carbocycles. The maximum absolute atomic E-state index is 12.1. The van der Waals surface area contributed by atoms with E-state index < -0.39 is 24.5 Å². The SMILES string of the molecule is COC(=O)c1ccccc1NC(=O)COC(=O)Cn1nnc(-c2ccc(C)cc2)n1. The number of para-hydroxylation sites is 1. The number of esters is 2. The average Bonchev–Trinajstić information content (AvgIpc) is 3.21. The minimum atomic E-state index is -0.709. The van der Waals surface area contributed by atoms with Crippen molar-refractivity contribution in [3.63, 3.8) is 0 Å². The Hall–Kier alpha value is -4.08. The molecule has 0 radical (unpaired) electrons. The summed E-state index contributed by atoms with van der Waals surface area (Å²) >= 11 is 0. The third-order valence-electron chi connectivity index (χ3n) is 4.00. The van der Waals surface area contributed by atoms with Gasteiger partial charge in [-0.1, -0.05) is 42.0 Å². The molecular weight excluding hydrogens is 390 g/mol. The van der Waals surface area contributed by atoms with Crippen LogP contribution in [-0.4, -0.2) is 51.8 Å². The first-order chi connectivity index (χ1) is 14.5. The van der Waals surface area contributed by atoms with Crippen LogP contribution in [0.4, 0.5) is 5.69 Å². The molecule has 0 aliphatic rings. The molecule has 0 fully saturated rings. The van der Waals surface area contributed by atoms with Crippen molar-refractivity contribution < 1.29 is 23.9 Å². The third kappa shape index (κ3) is 5.25. The zero-order valence-corrected chi connectivity index (χ0v) is 16.4. The molecule has 30 heavy (non-hydrogen) atoms. The predicted molar refractivity (Wildman–Crippen MR) is 105 cm³/mol. The number of benzene rings is 2. The maximum Gasteiger partial charge on any atom is 0.339 e. The zero-order chi connectivity index (χ0) is 21.5. The van der Waals surface area contributed by atoms with Gasteiger partial charge in [-0.25, -0.2) is 9.59 Å². The van der Waals surface area contributed by atoms with Gasteiger partial charge in [0.1, 0.15) is 0 Å². The quantitative estimate of drug-likeness (QED) is 0.584. The van der Waals surface area contributed by atoms with E-state index in [1.807, 2.05) is 31.2 Å². The van der Waals surface area contributed by atoms with E-state index in [1.165, 1.54) is 19.2 Å². The van der Waals surface area contributed by atoms with E-state index in [9.17, 15) is 14.4 Å². The van der Waals surface area contributed by atoms with Crippen molar-refractivity contribution in [1.82, 2.24) is 20.2 Å². The van der Waals surface area contributed by atoms with Gasteiger partial charge in [0.15, 0.2) is 13.2 Å². The van der Waals surface area contributed by atoms with Crippen molar-refractivity contribution in [1.29, 1.82) is 0 Å². The normalized spacial score (nSPS) is 10.3. The van der Waals surface area contributed by atoms with Crippen molar-refractivity contribution in [3.8, 4) is 11.4 Å². The van der Waals surface area contributed by atoms with Crippen LogP contribution in [0.3, 0.4) is 0 Å². The number of amides is 1. The summed E-state index contributed by atoms with van der Waals surface area (Å²) < 4.78 is 9.61. The van der Waals surface area contributed by atoms with Gasteiger partial charge in [-0.2, -0.15) is 4.80 Å². The van der Waals surface area contributed by atoms with Gasteiger partial charge in [-0.05, 0) is 24.3 Å². The summed E-state index contributed by atoms with van der Waals surface area (Å²) in [6.07, 6.45) is 0. The fraction of sp³-hybridized carbons (Fsp3) is 0.200. The maximum atomic E-state index is 12.1. The summed E-state index contributed by atoms with van der Waals surface area (Å²) in [4.78, 5) is 36.8. The summed E-state index contributed by atoms with van der Waals surface area (Å²) in [5.41, 5.74) is 2.31. The van der Waals surface area contributed by atoms with Crippen LogP contribution in [-0.2, 0) is 25.6 Å². The number of tetrazole rings is 1. The Labute approximate surface area is 171 Å². The van der Waals surface area contributed by atoms with Gasteiger partial charge in [0.2, 0.25) is 5.82 Å². The van der Waals surface area contributed by atoms with Gasteiger partial charge in [0.05, 0.1) is 18.4 Å². The molecule has 1 aromatic heterocycles. The van der Waals surface area contributed by atoms with Crippen LogP contribution in [0.5, 0.6) is 0 Å². The second-order valence-corrected chi connectivity index (χ2v) is 6.26. The third-order valence-corrected chi connectivity index (χ3v) is 4.00. The largest absolute Gasteiger partial charge is 0.465 e. The summed E-state index contributed by atoms with van der Waals surface area (Å²) in [5.74, 6) is -1.53. The smallest absolute Gasteiger partial charge is 0.339 e. The molecule has 0 aliphatic heterocycles. The molecule has 0 atom stereocenters. The molecule has 0 spiro atoms. The molecular formula is C20H19N5O5. The second-order valence-electron chi connectivity index (χ2n) is 6.26. The summed E-state index contributed by atoms with van der Waals surface area (Å²) in [6.45, 7) is 1.13. The van der Waals surface area contributed by atoms with Gasteiger partial charge < -0.3 is 14.8 Å². The van der Waals surface area contributed by atoms with E-state index in [0.29, 0.717) is 5.82 Å². The van der Waals surface area contributed by atoms with Crippen molar-refractivity contribution in [2.75, 3.05) is 19.0 Å². The standard InChI is InChI=1S/C20H19N5O5/c1-13-7-9-14(10-8-13)19-22-24-25(23-19)11-18(27)30-12-17(26)21-16-6-4-3-5-15(16)20(28)29-2/h3-10H,11-12H2,1-2H3,(H,21,26). The predicted octanol–water partition coefficient (Wildman–Crippen LogP) is 1.62. The highest BCUT2D eigenvalue weighted by molar-refractivity contribution is 6.01. The van der Waals surface area contributed by atoms with Crippen LogP contribution >= 0.6 is 0 Å². The molecule has 0 saturated heterocycles. The van der Waals surface area contributed by atoms with Crippen LogP contribution in [0, 0.1) is 6.92 Å². The number of carbonyl (C=O) groups excluding carboxylic acids is 3. The minimum Gasteiger partial charge on any atom is -0.465 e. The lowest BCUT2D eigenvalue weighted by atomic mass is 10.1. The van der Waals surface area contributed by atoms with Gasteiger partial charge in [0.25, 0.3) is 5.91 Å². The Kier molecular flexibility index (Phi) is 6.48. The van der Waals surface area contributed by atoms with E-state index in [0.717, 1.165) is 15.9 Å². The lowest BCUT2D eigenvalue weighted by molar-refractivity contribution is -0.148. The lowest BCUT2D eigenvalue weighted by Gasteiger charge is -2.09. The molecule has 3 rings (SSSR count). The van der Waals surface area contributed by atoms with Crippen LogP contribution in [0.1, 0.15) is 15.9 Å². The number of nitrogens with zero attached hydrogens (tertiary/aromatic N) is 4. The highest BCUT2D eigenvalue weighted by atomic mass is 16.5. The average molecular weight is 409 g/mol. The zero-order valence-electron chi connectivity index (χ0n) is 16.4. The number of rotatable bonds is 7. The Bertz CT molecular complexity index is 1060. The number of nitrogens with one attached hydrogen (secondary N) is 1. The number of carbonyl (C=O) groups is 3. The molecule has 3 aromatic rings.